The maximum atomic E-state index is 12.5. The van der Waals surface area contributed by atoms with Gasteiger partial charge in [0.1, 0.15) is 0 Å². The van der Waals surface area contributed by atoms with Crippen LogP contribution < -0.4 is 16.4 Å². The second-order valence-electron chi connectivity index (χ2n) is 5.81. The van der Waals surface area contributed by atoms with Crippen molar-refractivity contribution in [3.63, 3.8) is 0 Å². The molecule has 1 aliphatic heterocycles. The molecule has 1 fully saturated rings. The smallest absolute Gasteiger partial charge is 0.253 e. The van der Waals surface area contributed by atoms with E-state index in [0.717, 1.165) is 0 Å². The zero-order valence-electron chi connectivity index (χ0n) is 14.7. The molecule has 3 amide bonds. The predicted octanol–water partition coefficient (Wildman–Crippen LogP) is 0.230. The number of hydrogen-bond donors (Lipinski definition) is 3. The van der Waals surface area contributed by atoms with Crippen LogP contribution in [-0.4, -0.2) is 62.5 Å². The molecule has 1 aliphatic rings. The number of benzene rings is 1. The van der Waals surface area contributed by atoms with Crippen molar-refractivity contribution < 1.29 is 19.1 Å². The number of nitrogens with zero attached hydrogens (tertiary/aromatic N) is 1. The van der Waals surface area contributed by atoms with Crippen LogP contribution in [0.4, 0.5) is 5.69 Å². The first kappa shape index (κ1) is 21.9. The second-order valence-corrected chi connectivity index (χ2v) is 5.81. The lowest BCUT2D eigenvalue weighted by atomic mass is 10.1. The Hall–Kier alpha value is -2.16. The number of methoxy groups -OCH3 is 1. The highest BCUT2D eigenvalue weighted by Gasteiger charge is 2.34. The van der Waals surface area contributed by atoms with E-state index in [1.54, 1.807) is 36.3 Å². The number of carbonyl (C=O) groups is 3. The molecular weight excluding hydrogens is 360 g/mol. The highest BCUT2D eigenvalue weighted by molar-refractivity contribution is 6.05. The summed E-state index contributed by atoms with van der Waals surface area (Å²) in [5.74, 6) is -1.08. The molecule has 1 saturated heterocycles. The van der Waals surface area contributed by atoms with Crippen LogP contribution in [0.3, 0.4) is 0 Å². The number of rotatable bonds is 8. The van der Waals surface area contributed by atoms with E-state index < -0.39 is 5.92 Å². The number of ether oxygens (including phenoxy) is 1. The van der Waals surface area contributed by atoms with Crippen LogP contribution in [-0.2, 0) is 14.3 Å². The van der Waals surface area contributed by atoms with Crippen LogP contribution in [0, 0.1) is 5.92 Å². The molecule has 0 bridgehead atoms. The van der Waals surface area contributed by atoms with Crippen molar-refractivity contribution in [2.24, 2.45) is 11.7 Å². The number of hydrogen-bond acceptors (Lipinski definition) is 5. The fourth-order valence-electron chi connectivity index (χ4n) is 2.67. The molecule has 0 spiro atoms. The predicted molar refractivity (Wildman–Crippen MR) is 100 cm³/mol. The molecule has 1 aromatic carbocycles. The molecule has 0 saturated carbocycles. The Labute approximate surface area is 158 Å². The Morgan fingerprint density at radius 1 is 1.35 bits per heavy atom. The van der Waals surface area contributed by atoms with Crippen molar-refractivity contribution in [3.8, 4) is 0 Å². The van der Waals surface area contributed by atoms with Crippen molar-refractivity contribution in [3.05, 3.63) is 29.8 Å². The van der Waals surface area contributed by atoms with Gasteiger partial charge in [-0.15, -0.1) is 12.4 Å². The first-order valence-electron chi connectivity index (χ1n) is 8.21. The fraction of sp³-hybridized carbons (Fsp3) is 0.471. The van der Waals surface area contributed by atoms with Crippen LogP contribution in [0.15, 0.2) is 24.3 Å². The van der Waals surface area contributed by atoms with Gasteiger partial charge in [-0.3, -0.25) is 14.4 Å². The van der Waals surface area contributed by atoms with E-state index in [0.29, 0.717) is 44.0 Å². The molecule has 0 aromatic heterocycles. The van der Waals surface area contributed by atoms with Crippen LogP contribution in [0.5, 0.6) is 0 Å². The first-order chi connectivity index (χ1) is 12.1. The fourth-order valence-corrected chi connectivity index (χ4v) is 2.67. The van der Waals surface area contributed by atoms with Gasteiger partial charge in [-0.25, -0.2) is 0 Å². The SMILES string of the molecule is COCCN1CC(C(=O)Nc2ccccc2C(=O)NCCN)CC1=O.Cl. The molecule has 0 aliphatic carbocycles. The largest absolute Gasteiger partial charge is 0.383 e. The number of nitrogens with two attached hydrogens (primary N) is 1. The summed E-state index contributed by atoms with van der Waals surface area (Å²) in [6.45, 7) is 1.95. The van der Waals surface area contributed by atoms with Crippen molar-refractivity contribution in [1.29, 1.82) is 0 Å². The Balaban J connectivity index is 0.00000338. The van der Waals surface area contributed by atoms with Gasteiger partial charge in [0.15, 0.2) is 0 Å². The third kappa shape index (κ3) is 5.69. The van der Waals surface area contributed by atoms with Crippen molar-refractivity contribution in [1.82, 2.24) is 10.2 Å². The second kappa shape index (κ2) is 10.7. The van der Waals surface area contributed by atoms with Gasteiger partial charge in [0.25, 0.3) is 5.91 Å². The number of carbonyl (C=O) groups excluding carboxylic acids is 3. The summed E-state index contributed by atoms with van der Waals surface area (Å²) < 4.78 is 4.97. The van der Waals surface area contributed by atoms with E-state index in [-0.39, 0.29) is 36.5 Å². The van der Waals surface area contributed by atoms with Crippen LogP contribution in [0.2, 0.25) is 0 Å². The molecule has 1 atom stereocenters. The summed E-state index contributed by atoms with van der Waals surface area (Å²) in [6, 6.07) is 6.75. The number of likely N-dealkylation sites (tertiary alicyclic amines) is 1. The summed E-state index contributed by atoms with van der Waals surface area (Å²) in [5, 5.41) is 5.44. The molecule has 0 radical (unpaired) electrons. The monoisotopic (exact) mass is 384 g/mol. The minimum absolute atomic E-state index is 0. The summed E-state index contributed by atoms with van der Waals surface area (Å²) in [7, 11) is 1.57. The van der Waals surface area contributed by atoms with Crippen LogP contribution in [0.25, 0.3) is 0 Å². The normalized spacial score (nSPS) is 16.2. The van der Waals surface area contributed by atoms with Crippen molar-refractivity contribution >= 4 is 35.8 Å². The van der Waals surface area contributed by atoms with E-state index in [4.69, 9.17) is 10.5 Å². The summed E-state index contributed by atoms with van der Waals surface area (Å²) in [5.41, 5.74) is 6.17. The molecule has 26 heavy (non-hydrogen) atoms. The average molecular weight is 385 g/mol. The van der Waals surface area contributed by atoms with Crippen molar-refractivity contribution in [2.45, 2.75) is 6.42 Å². The Morgan fingerprint density at radius 3 is 2.77 bits per heavy atom. The zero-order chi connectivity index (χ0) is 18.2. The number of anilines is 1. The molecule has 144 valence electrons. The van der Waals surface area contributed by atoms with Gasteiger partial charge < -0.3 is 26.0 Å². The minimum Gasteiger partial charge on any atom is -0.383 e. The number of amides is 3. The van der Waals surface area contributed by atoms with E-state index >= 15 is 0 Å². The van der Waals surface area contributed by atoms with E-state index in [1.807, 2.05) is 0 Å². The Kier molecular flexibility index (Phi) is 9.04. The molecule has 9 heteroatoms. The molecule has 1 heterocycles. The maximum Gasteiger partial charge on any atom is 0.253 e. The highest BCUT2D eigenvalue weighted by Crippen LogP contribution is 2.21. The molecule has 4 N–H and O–H groups in total. The topological polar surface area (TPSA) is 114 Å². The van der Waals surface area contributed by atoms with Gasteiger partial charge >= 0.3 is 0 Å². The van der Waals surface area contributed by atoms with Crippen molar-refractivity contribution in [2.75, 3.05) is 45.2 Å². The Morgan fingerprint density at radius 2 is 2.08 bits per heavy atom. The molecule has 2 rings (SSSR count). The van der Waals surface area contributed by atoms with Gasteiger partial charge in [0, 0.05) is 39.7 Å². The third-order valence-corrected chi connectivity index (χ3v) is 4.01. The number of halogens is 1. The lowest BCUT2D eigenvalue weighted by molar-refractivity contribution is -0.128. The van der Waals surface area contributed by atoms with E-state index in [2.05, 4.69) is 10.6 Å². The maximum absolute atomic E-state index is 12.5. The summed E-state index contributed by atoms with van der Waals surface area (Å²) in [4.78, 5) is 38.2. The Bertz CT molecular complexity index is 641. The van der Waals surface area contributed by atoms with E-state index in [9.17, 15) is 14.4 Å². The van der Waals surface area contributed by atoms with Gasteiger partial charge in [-0.1, -0.05) is 12.1 Å². The lowest BCUT2D eigenvalue weighted by Crippen LogP contribution is -2.32. The summed E-state index contributed by atoms with van der Waals surface area (Å²) in [6.07, 6.45) is 0.164. The molecule has 8 nitrogen and oxygen atoms in total. The molecule has 1 unspecified atom stereocenters. The highest BCUT2D eigenvalue weighted by atomic mass is 35.5. The molecular formula is C17H25ClN4O4. The van der Waals surface area contributed by atoms with Gasteiger partial charge in [0.05, 0.1) is 23.8 Å². The standard InChI is InChI=1S/C17H24N4O4.ClH/c1-25-9-8-21-11-12(10-15(21)22)16(23)20-14-5-3-2-4-13(14)17(24)19-7-6-18;/h2-5,12H,6-11,18H2,1H3,(H,19,24)(H,20,23);1H. The minimum atomic E-state index is -0.440. The van der Waals surface area contributed by atoms with Gasteiger partial charge in [-0.05, 0) is 12.1 Å². The van der Waals surface area contributed by atoms with Crippen LogP contribution in [0.1, 0.15) is 16.8 Å². The van der Waals surface area contributed by atoms with Gasteiger partial charge in [-0.2, -0.15) is 0 Å². The first-order valence-corrected chi connectivity index (χ1v) is 8.21. The lowest BCUT2D eigenvalue weighted by Gasteiger charge is -2.16. The van der Waals surface area contributed by atoms with E-state index in [1.165, 1.54) is 0 Å². The third-order valence-electron chi connectivity index (χ3n) is 4.01. The summed E-state index contributed by atoms with van der Waals surface area (Å²) >= 11 is 0. The number of para-hydroxylation sites is 1. The van der Waals surface area contributed by atoms with Gasteiger partial charge in [0.2, 0.25) is 11.8 Å². The molecule has 1 aromatic rings. The zero-order valence-corrected chi connectivity index (χ0v) is 15.5. The average Bonchev–Trinajstić information content (AvgIpc) is 2.99. The van der Waals surface area contributed by atoms with Crippen LogP contribution >= 0.6 is 12.4 Å². The quantitative estimate of drug-likeness (QED) is 0.593. The number of nitrogens with one attached hydrogen (secondary N) is 2.